The number of nitrogens with one attached hydrogen (secondary N) is 1. The summed E-state index contributed by atoms with van der Waals surface area (Å²) in [5.41, 5.74) is 0.408. The van der Waals surface area contributed by atoms with Gasteiger partial charge in [0.1, 0.15) is 18.0 Å². The normalized spacial score (nSPS) is 17.4. The zero-order chi connectivity index (χ0) is 33.6. The van der Waals surface area contributed by atoms with E-state index >= 15 is 0 Å². The number of fused-ring (bicyclic) bond motifs is 5. The molecular formula is C34H41N3O8S. The van der Waals surface area contributed by atoms with Gasteiger partial charge in [0.2, 0.25) is 5.60 Å². The van der Waals surface area contributed by atoms with Gasteiger partial charge in [0.25, 0.3) is 5.56 Å². The number of hydrogen-bond donors (Lipinski definition) is 2. The van der Waals surface area contributed by atoms with Crippen LogP contribution < -0.4 is 10.9 Å². The van der Waals surface area contributed by atoms with Crippen LogP contribution in [0.3, 0.4) is 0 Å². The van der Waals surface area contributed by atoms with Crippen LogP contribution in [0.4, 0.5) is 4.79 Å². The van der Waals surface area contributed by atoms with Crippen LogP contribution in [0.15, 0.2) is 46.6 Å². The minimum atomic E-state index is -1.82. The number of esters is 2. The third kappa shape index (κ3) is 5.97. The summed E-state index contributed by atoms with van der Waals surface area (Å²) in [6, 6.07) is 6.79. The number of phenols is 1. The number of carbonyl (C=O) groups excluding carboxylic acids is 3. The summed E-state index contributed by atoms with van der Waals surface area (Å²) in [5.74, 6) is -0.567. The highest BCUT2D eigenvalue weighted by Gasteiger charge is 2.50. The van der Waals surface area contributed by atoms with Crippen molar-refractivity contribution in [1.82, 2.24) is 14.9 Å². The van der Waals surface area contributed by atoms with Gasteiger partial charge in [-0.1, -0.05) is 13.0 Å². The predicted molar refractivity (Wildman–Crippen MR) is 176 cm³/mol. The minimum absolute atomic E-state index is 0.0443. The van der Waals surface area contributed by atoms with Crippen LogP contribution >= 0.6 is 10.0 Å². The first kappa shape index (κ1) is 33.1. The van der Waals surface area contributed by atoms with Gasteiger partial charge in [0.15, 0.2) is 0 Å². The molecule has 2 aliphatic heterocycles. The maximum atomic E-state index is 14.1. The molecule has 2 aliphatic rings. The number of carbonyl (C=O) groups is 3. The third-order valence-corrected chi connectivity index (χ3v) is 10.8. The maximum absolute atomic E-state index is 14.1. The van der Waals surface area contributed by atoms with Gasteiger partial charge < -0.3 is 29.2 Å². The average molecular weight is 652 g/mol. The number of alkyl carbamates (subject to hydrolysis) is 1. The molecule has 0 saturated heterocycles. The number of ether oxygens (including phenoxy) is 3. The van der Waals surface area contributed by atoms with Gasteiger partial charge in [-0.2, -0.15) is 0 Å². The van der Waals surface area contributed by atoms with Crippen molar-refractivity contribution in [2.75, 3.05) is 24.8 Å². The number of pyridine rings is 2. The lowest BCUT2D eigenvalue weighted by Gasteiger charge is -2.35. The lowest BCUT2D eigenvalue weighted by molar-refractivity contribution is -0.189. The molecule has 0 aliphatic carbocycles. The van der Waals surface area contributed by atoms with Crippen molar-refractivity contribution in [3.63, 3.8) is 0 Å². The van der Waals surface area contributed by atoms with Crippen LogP contribution in [-0.4, -0.2) is 63.1 Å². The highest BCUT2D eigenvalue weighted by molar-refractivity contribution is 8.33. The molecule has 3 aromatic rings. The van der Waals surface area contributed by atoms with Crippen molar-refractivity contribution in [3.8, 4) is 17.1 Å². The molecule has 0 spiro atoms. The zero-order valence-corrected chi connectivity index (χ0v) is 28.0. The van der Waals surface area contributed by atoms with E-state index in [0.717, 1.165) is 21.6 Å². The summed E-state index contributed by atoms with van der Waals surface area (Å²) < 4.78 is 18.2. The average Bonchev–Trinajstić information content (AvgIpc) is 3.32. The lowest BCUT2D eigenvalue weighted by Crippen LogP contribution is -2.47. The Balaban J connectivity index is 1.53. The van der Waals surface area contributed by atoms with Crippen molar-refractivity contribution in [2.45, 2.75) is 76.2 Å². The number of cyclic esters (lactones) is 1. The molecule has 1 aromatic carbocycles. The number of aromatic nitrogens is 2. The number of nitrogens with zero attached hydrogens (tertiary/aromatic N) is 2. The van der Waals surface area contributed by atoms with Crippen LogP contribution in [0.1, 0.15) is 63.6 Å². The van der Waals surface area contributed by atoms with Crippen molar-refractivity contribution in [3.05, 3.63) is 64.0 Å². The molecule has 0 saturated carbocycles. The first-order chi connectivity index (χ1) is 21.6. The van der Waals surface area contributed by atoms with Crippen LogP contribution in [0, 0.1) is 0 Å². The van der Waals surface area contributed by atoms with Gasteiger partial charge in [-0.25, -0.2) is 24.6 Å². The molecule has 1 amide bonds. The molecule has 246 valence electrons. The molecule has 46 heavy (non-hydrogen) atoms. The van der Waals surface area contributed by atoms with Crippen molar-refractivity contribution >= 4 is 39.0 Å². The second-order valence-electron chi connectivity index (χ2n) is 13.0. The number of benzene rings is 1. The molecule has 11 nitrogen and oxygen atoms in total. The lowest BCUT2D eigenvalue weighted by atomic mass is 9.85. The number of aromatic hydroxyl groups is 1. The van der Waals surface area contributed by atoms with Crippen LogP contribution in [0.25, 0.3) is 22.3 Å². The van der Waals surface area contributed by atoms with Crippen molar-refractivity contribution in [2.24, 2.45) is 0 Å². The predicted octanol–water partition coefficient (Wildman–Crippen LogP) is 5.25. The van der Waals surface area contributed by atoms with E-state index in [1.165, 1.54) is 0 Å². The van der Waals surface area contributed by atoms with Crippen LogP contribution in [0.2, 0.25) is 0 Å². The first-order valence-corrected chi connectivity index (χ1v) is 17.8. The van der Waals surface area contributed by atoms with E-state index in [4.69, 9.17) is 19.2 Å². The topological polar surface area (TPSA) is 146 Å². The molecule has 0 bridgehead atoms. The fourth-order valence-corrected chi connectivity index (χ4v) is 8.52. The molecule has 2 aromatic heterocycles. The van der Waals surface area contributed by atoms with E-state index in [1.807, 2.05) is 6.08 Å². The van der Waals surface area contributed by atoms with Crippen LogP contribution in [0.5, 0.6) is 5.75 Å². The van der Waals surface area contributed by atoms with E-state index in [2.05, 4.69) is 24.4 Å². The highest BCUT2D eigenvalue weighted by Crippen LogP contribution is 2.56. The zero-order valence-electron chi connectivity index (χ0n) is 27.2. The Labute approximate surface area is 269 Å². The van der Waals surface area contributed by atoms with Gasteiger partial charge in [-0.05, 0) is 76.1 Å². The largest absolute Gasteiger partial charge is 0.508 e. The Hall–Kier alpha value is -4.32. The highest BCUT2D eigenvalue weighted by atomic mass is 32.3. The Morgan fingerprint density at radius 1 is 1.22 bits per heavy atom. The second kappa shape index (κ2) is 12.1. The van der Waals surface area contributed by atoms with E-state index < -0.39 is 39.3 Å². The summed E-state index contributed by atoms with van der Waals surface area (Å²) in [5, 5.41) is 13.8. The van der Waals surface area contributed by atoms with E-state index in [-0.39, 0.29) is 55.8 Å². The third-order valence-electron chi connectivity index (χ3n) is 8.19. The fraction of sp³-hybridized carbons (Fsp3) is 0.441. The molecule has 0 radical (unpaired) electrons. The summed E-state index contributed by atoms with van der Waals surface area (Å²) in [4.78, 5) is 58.5. The van der Waals surface area contributed by atoms with Crippen LogP contribution in [-0.2, 0) is 42.6 Å². The van der Waals surface area contributed by atoms with Crippen molar-refractivity contribution < 1.29 is 33.7 Å². The summed E-state index contributed by atoms with van der Waals surface area (Å²) in [6.45, 7) is 11.1. The fourth-order valence-electron chi connectivity index (χ4n) is 6.18. The summed E-state index contributed by atoms with van der Waals surface area (Å²) >= 11 is 0. The Kier molecular flexibility index (Phi) is 8.71. The number of hydrogen-bond acceptors (Lipinski definition) is 9. The van der Waals surface area contributed by atoms with Gasteiger partial charge in [-0.3, -0.25) is 9.59 Å². The molecule has 4 heterocycles. The van der Waals surface area contributed by atoms with Gasteiger partial charge >= 0.3 is 18.0 Å². The van der Waals surface area contributed by atoms with Gasteiger partial charge in [0, 0.05) is 34.4 Å². The van der Waals surface area contributed by atoms with Gasteiger partial charge in [-0.15, -0.1) is 6.58 Å². The standard InChI is InChI=1S/C34H41N3O8S/c1-8-15-46(6,7)29-21-16-20(38)12-13-25(21)36-28-22(29)18-37-26(28)17-24-23(30(37)40)19-43-31(41)34(24,9-2)44-27(39)11-10-14-35-32(42)45-33(3,4)5/h8,12-13,16-17,38H,1,9-11,14-15,18-19H2,2-7H3,(H,35,42)/t34-/m0/s1. The van der Waals surface area contributed by atoms with E-state index in [1.54, 1.807) is 56.5 Å². The molecule has 5 rings (SSSR count). The summed E-state index contributed by atoms with van der Waals surface area (Å²) in [6.07, 6.45) is 5.83. The Bertz CT molecular complexity index is 1820. The maximum Gasteiger partial charge on any atom is 0.407 e. The SMILES string of the molecule is C=CCS(C)(C)c1c2c(nc3ccc(O)cc13)-c1cc3c(c(=O)n1C2)COC(=O)[C@@]3(CC)OC(=O)CCCNC(=O)OC(C)(C)C. The summed E-state index contributed by atoms with van der Waals surface area (Å²) in [7, 11) is -1.47. The molecular weight excluding hydrogens is 610 g/mol. The first-order valence-electron chi connectivity index (χ1n) is 15.2. The van der Waals surface area contributed by atoms with Crippen molar-refractivity contribution in [1.29, 1.82) is 0 Å². The molecule has 1 atom stereocenters. The minimum Gasteiger partial charge on any atom is -0.508 e. The number of amides is 1. The molecule has 0 unspecified atom stereocenters. The Morgan fingerprint density at radius 2 is 1.96 bits per heavy atom. The van der Waals surface area contributed by atoms with Gasteiger partial charge in [0.05, 0.1) is 29.0 Å². The number of rotatable bonds is 9. The molecule has 0 fully saturated rings. The smallest absolute Gasteiger partial charge is 0.407 e. The Morgan fingerprint density at radius 3 is 2.63 bits per heavy atom. The molecule has 12 heteroatoms. The van der Waals surface area contributed by atoms with E-state index in [0.29, 0.717) is 22.5 Å². The second-order valence-corrected chi connectivity index (χ2v) is 16.9. The quantitative estimate of drug-likeness (QED) is 0.107. The molecule has 2 N–H and O–H groups in total. The van der Waals surface area contributed by atoms with E-state index in [9.17, 15) is 24.3 Å². The monoisotopic (exact) mass is 651 g/mol. The number of phenolic OH excluding ortho intramolecular Hbond substituents is 1.